The second kappa shape index (κ2) is 8.33. The molecule has 5 heteroatoms. The fourth-order valence-corrected chi connectivity index (χ4v) is 3.58. The van der Waals surface area contributed by atoms with Crippen molar-refractivity contribution in [1.29, 1.82) is 0 Å². The maximum atomic E-state index is 12.8. The minimum atomic E-state index is -0.908. The van der Waals surface area contributed by atoms with E-state index in [1.807, 2.05) is 30.3 Å². The number of hydrogen-bond donors (Lipinski definition) is 0. The van der Waals surface area contributed by atoms with E-state index in [1.54, 1.807) is 60.4 Å². The van der Waals surface area contributed by atoms with E-state index in [-0.39, 0.29) is 11.7 Å². The predicted octanol–water partition coefficient (Wildman–Crippen LogP) is 4.05. The first-order valence-electron chi connectivity index (χ1n) is 9.84. The summed E-state index contributed by atoms with van der Waals surface area (Å²) < 4.78 is 5.40. The lowest BCUT2D eigenvalue weighted by atomic mass is 10.0. The molecule has 0 radical (unpaired) electrons. The van der Waals surface area contributed by atoms with Crippen LogP contribution in [0, 0.1) is 0 Å². The quantitative estimate of drug-likeness (QED) is 0.480. The number of para-hydroxylation sites is 1. The summed E-state index contributed by atoms with van der Waals surface area (Å²) in [5.74, 6) is -0.960. The third kappa shape index (κ3) is 3.87. The van der Waals surface area contributed by atoms with Crippen LogP contribution in [0.4, 0.5) is 5.69 Å². The molecule has 30 heavy (non-hydrogen) atoms. The molecule has 4 rings (SSSR count). The molecule has 0 saturated carbocycles. The molecule has 0 fully saturated rings. The molecule has 0 N–H and O–H groups in total. The summed E-state index contributed by atoms with van der Waals surface area (Å²) in [6.07, 6.45) is -0.117. The van der Waals surface area contributed by atoms with E-state index in [1.165, 1.54) is 0 Å². The lowest BCUT2D eigenvalue weighted by Crippen LogP contribution is -2.39. The molecule has 0 saturated heterocycles. The van der Waals surface area contributed by atoms with Crippen LogP contribution in [0.2, 0.25) is 0 Å². The zero-order valence-corrected chi connectivity index (χ0v) is 16.6. The van der Waals surface area contributed by atoms with Gasteiger partial charge in [-0.15, -0.1) is 0 Å². The summed E-state index contributed by atoms with van der Waals surface area (Å²) in [5, 5.41) is 0. The maximum Gasteiger partial charge on any atom is 0.338 e. The van der Waals surface area contributed by atoms with Crippen molar-refractivity contribution in [2.75, 3.05) is 11.4 Å². The fraction of sp³-hybridized carbons (Fsp3) is 0.160. The molecule has 1 amide bonds. The summed E-state index contributed by atoms with van der Waals surface area (Å²) in [6, 6.07) is 22.9. The molecule has 1 aliphatic heterocycles. The molecule has 0 spiro atoms. The zero-order valence-electron chi connectivity index (χ0n) is 16.6. The van der Waals surface area contributed by atoms with Crippen molar-refractivity contribution < 1.29 is 19.1 Å². The van der Waals surface area contributed by atoms with Gasteiger partial charge < -0.3 is 9.64 Å². The standard InChI is InChI=1S/C25H21NO4/c1-17(24(28)26-16-15-18-7-5-6-10-22(18)26)30-25(29)21-13-11-20(12-14-21)23(27)19-8-3-2-4-9-19/h2-14,17H,15-16H2,1H3/t17-/m1/s1. The Morgan fingerprint density at radius 3 is 2.13 bits per heavy atom. The van der Waals surface area contributed by atoms with Crippen LogP contribution in [0.25, 0.3) is 0 Å². The Bertz CT molecular complexity index is 1090. The maximum absolute atomic E-state index is 12.8. The Balaban J connectivity index is 1.41. The van der Waals surface area contributed by atoms with Crippen LogP contribution in [0.15, 0.2) is 78.9 Å². The lowest BCUT2D eigenvalue weighted by molar-refractivity contribution is -0.126. The average Bonchev–Trinajstić information content (AvgIpc) is 3.23. The van der Waals surface area contributed by atoms with Gasteiger partial charge in [-0.1, -0.05) is 60.7 Å². The molecule has 0 aliphatic carbocycles. The number of anilines is 1. The van der Waals surface area contributed by atoms with Gasteiger partial charge in [-0.25, -0.2) is 4.79 Å². The van der Waals surface area contributed by atoms with Crippen LogP contribution < -0.4 is 4.90 Å². The Morgan fingerprint density at radius 2 is 1.40 bits per heavy atom. The van der Waals surface area contributed by atoms with Gasteiger partial charge in [0.15, 0.2) is 11.9 Å². The number of esters is 1. The minimum absolute atomic E-state index is 0.119. The summed E-state index contributed by atoms with van der Waals surface area (Å²) in [5.41, 5.74) is 3.34. The van der Waals surface area contributed by atoms with E-state index >= 15 is 0 Å². The van der Waals surface area contributed by atoms with Gasteiger partial charge in [0, 0.05) is 23.4 Å². The summed E-state index contributed by atoms with van der Waals surface area (Å²) in [7, 11) is 0. The highest BCUT2D eigenvalue weighted by atomic mass is 16.5. The largest absolute Gasteiger partial charge is 0.449 e. The minimum Gasteiger partial charge on any atom is -0.449 e. The summed E-state index contributed by atoms with van der Waals surface area (Å²) >= 11 is 0. The van der Waals surface area contributed by atoms with Crippen LogP contribution in [-0.4, -0.2) is 30.3 Å². The molecule has 0 aromatic heterocycles. The second-order valence-corrected chi connectivity index (χ2v) is 7.19. The molecule has 0 unspecified atom stereocenters. The number of ketones is 1. The molecule has 0 bridgehead atoms. The second-order valence-electron chi connectivity index (χ2n) is 7.19. The number of ether oxygens (including phenoxy) is 1. The number of amides is 1. The van der Waals surface area contributed by atoms with E-state index < -0.39 is 12.1 Å². The van der Waals surface area contributed by atoms with Crippen molar-refractivity contribution in [3.05, 3.63) is 101 Å². The van der Waals surface area contributed by atoms with Crippen LogP contribution in [0.3, 0.4) is 0 Å². The molecular weight excluding hydrogens is 378 g/mol. The number of fused-ring (bicyclic) bond motifs is 1. The Hall–Kier alpha value is -3.73. The number of rotatable bonds is 5. The zero-order chi connectivity index (χ0) is 21.1. The fourth-order valence-electron chi connectivity index (χ4n) is 3.58. The van der Waals surface area contributed by atoms with Crippen molar-refractivity contribution in [2.45, 2.75) is 19.4 Å². The third-order valence-electron chi connectivity index (χ3n) is 5.20. The summed E-state index contributed by atoms with van der Waals surface area (Å²) in [4.78, 5) is 39.4. The topological polar surface area (TPSA) is 63.7 Å². The van der Waals surface area contributed by atoms with E-state index in [0.717, 1.165) is 17.7 Å². The normalized spacial score (nSPS) is 13.4. The monoisotopic (exact) mass is 399 g/mol. The van der Waals surface area contributed by atoms with Gasteiger partial charge in [-0.05, 0) is 37.1 Å². The van der Waals surface area contributed by atoms with Gasteiger partial charge in [0.2, 0.25) is 0 Å². The highest BCUT2D eigenvalue weighted by Gasteiger charge is 2.30. The highest BCUT2D eigenvalue weighted by molar-refractivity contribution is 6.09. The van der Waals surface area contributed by atoms with Gasteiger partial charge in [0.05, 0.1) is 5.56 Å². The van der Waals surface area contributed by atoms with E-state index in [0.29, 0.717) is 23.2 Å². The van der Waals surface area contributed by atoms with Crippen LogP contribution in [0.5, 0.6) is 0 Å². The van der Waals surface area contributed by atoms with Gasteiger partial charge >= 0.3 is 5.97 Å². The highest BCUT2D eigenvalue weighted by Crippen LogP contribution is 2.28. The number of benzene rings is 3. The SMILES string of the molecule is C[C@@H](OC(=O)c1ccc(C(=O)c2ccccc2)cc1)C(=O)N1CCc2ccccc21. The van der Waals surface area contributed by atoms with Crippen molar-refractivity contribution in [3.63, 3.8) is 0 Å². The number of hydrogen-bond acceptors (Lipinski definition) is 4. The Labute approximate surface area is 174 Å². The van der Waals surface area contributed by atoms with E-state index in [9.17, 15) is 14.4 Å². The van der Waals surface area contributed by atoms with Gasteiger partial charge in [-0.2, -0.15) is 0 Å². The summed E-state index contributed by atoms with van der Waals surface area (Å²) in [6.45, 7) is 2.16. The molecule has 3 aromatic carbocycles. The van der Waals surface area contributed by atoms with Gasteiger partial charge in [-0.3, -0.25) is 9.59 Å². The predicted molar refractivity (Wildman–Crippen MR) is 114 cm³/mol. The molecule has 1 atom stereocenters. The number of carbonyl (C=O) groups excluding carboxylic acids is 3. The molecule has 3 aromatic rings. The Morgan fingerprint density at radius 1 is 0.800 bits per heavy atom. The molecular formula is C25H21NO4. The van der Waals surface area contributed by atoms with Crippen LogP contribution in [-0.2, 0) is 16.0 Å². The molecule has 5 nitrogen and oxygen atoms in total. The first-order chi connectivity index (χ1) is 14.5. The van der Waals surface area contributed by atoms with E-state index in [4.69, 9.17) is 4.74 Å². The van der Waals surface area contributed by atoms with Gasteiger partial charge in [0.25, 0.3) is 5.91 Å². The van der Waals surface area contributed by atoms with Crippen molar-refractivity contribution in [2.24, 2.45) is 0 Å². The first kappa shape index (κ1) is 19.6. The number of carbonyl (C=O) groups is 3. The molecule has 1 aliphatic rings. The average molecular weight is 399 g/mol. The lowest BCUT2D eigenvalue weighted by Gasteiger charge is -2.21. The van der Waals surface area contributed by atoms with E-state index in [2.05, 4.69) is 0 Å². The molecule has 1 heterocycles. The Kier molecular flexibility index (Phi) is 5.44. The number of nitrogens with zero attached hydrogens (tertiary/aromatic N) is 1. The smallest absolute Gasteiger partial charge is 0.338 e. The van der Waals surface area contributed by atoms with Gasteiger partial charge in [0.1, 0.15) is 0 Å². The van der Waals surface area contributed by atoms with Crippen molar-refractivity contribution in [1.82, 2.24) is 0 Å². The first-order valence-corrected chi connectivity index (χ1v) is 9.84. The van der Waals surface area contributed by atoms with Crippen LogP contribution >= 0.6 is 0 Å². The van der Waals surface area contributed by atoms with Crippen LogP contribution in [0.1, 0.15) is 38.8 Å². The van der Waals surface area contributed by atoms with Crippen molar-refractivity contribution >= 4 is 23.3 Å². The van der Waals surface area contributed by atoms with Crippen molar-refractivity contribution in [3.8, 4) is 0 Å². The molecule has 150 valence electrons. The third-order valence-corrected chi connectivity index (χ3v) is 5.20.